The zero-order chi connectivity index (χ0) is 9.94. The summed E-state index contributed by atoms with van der Waals surface area (Å²) < 4.78 is 5.07. The molecule has 1 unspecified atom stereocenters. The molecule has 0 aromatic rings. The Labute approximate surface area is 80.8 Å². The molecule has 3 nitrogen and oxygen atoms in total. The number of ether oxygens (including phenoxy) is 1. The van der Waals surface area contributed by atoms with Crippen molar-refractivity contribution in [1.29, 1.82) is 0 Å². The van der Waals surface area contributed by atoms with E-state index in [9.17, 15) is 5.11 Å². The quantitative estimate of drug-likeness (QED) is 0.439. The molecule has 0 amide bonds. The lowest BCUT2D eigenvalue weighted by molar-refractivity contribution is 0.0430. The number of hydrogen-bond acceptors (Lipinski definition) is 3. The van der Waals surface area contributed by atoms with Crippen molar-refractivity contribution in [2.24, 2.45) is 0 Å². The van der Waals surface area contributed by atoms with Gasteiger partial charge in [-0.2, -0.15) is 0 Å². The van der Waals surface area contributed by atoms with Gasteiger partial charge in [0.2, 0.25) is 0 Å². The summed E-state index contributed by atoms with van der Waals surface area (Å²) in [5.41, 5.74) is 0. The number of allylic oxidation sites excluding steroid dienone is 1. The van der Waals surface area contributed by atoms with Crippen molar-refractivity contribution in [3.8, 4) is 0 Å². The van der Waals surface area contributed by atoms with Gasteiger partial charge in [0.1, 0.15) is 0 Å². The fourth-order valence-electron chi connectivity index (χ4n) is 0.934. The minimum atomic E-state index is -0.384. The SMILES string of the molecule is C/C=C/CCNCC(O)COCC. The highest BCUT2D eigenvalue weighted by molar-refractivity contribution is 4.77. The summed E-state index contributed by atoms with van der Waals surface area (Å²) in [5, 5.41) is 12.5. The molecule has 78 valence electrons. The number of aliphatic hydroxyl groups is 1. The Morgan fingerprint density at radius 3 is 2.92 bits per heavy atom. The maximum Gasteiger partial charge on any atom is 0.0897 e. The highest BCUT2D eigenvalue weighted by Gasteiger charge is 2.01. The van der Waals surface area contributed by atoms with Crippen molar-refractivity contribution in [3.05, 3.63) is 12.2 Å². The lowest BCUT2D eigenvalue weighted by Crippen LogP contribution is -2.30. The molecule has 2 N–H and O–H groups in total. The summed E-state index contributed by atoms with van der Waals surface area (Å²) in [4.78, 5) is 0. The Kier molecular flexibility index (Phi) is 9.42. The molecule has 0 radical (unpaired) electrons. The van der Waals surface area contributed by atoms with Gasteiger partial charge in [-0.3, -0.25) is 0 Å². The number of aliphatic hydroxyl groups excluding tert-OH is 1. The Morgan fingerprint density at radius 2 is 2.31 bits per heavy atom. The summed E-state index contributed by atoms with van der Waals surface area (Å²) in [7, 11) is 0. The third kappa shape index (κ3) is 9.53. The van der Waals surface area contributed by atoms with E-state index in [0.29, 0.717) is 19.8 Å². The Bertz CT molecular complexity index is 126. The lowest BCUT2D eigenvalue weighted by atomic mass is 10.3. The summed E-state index contributed by atoms with van der Waals surface area (Å²) in [6.07, 6.45) is 4.75. The van der Waals surface area contributed by atoms with E-state index in [0.717, 1.165) is 13.0 Å². The van der Waals surface area contributed by atoms with Crippen LogP contribution in [0.5, 0.6) is 0 Å². The molecule has 0 aromatic heterocycles. The number of rotatable bonds is 8. The first-order valence-corrected chi connectivity index (χ1v) is 4.89. The second kappa shape index (κ2) is 9.71. The van der Waals surface area contributed by atoms with Gasteiger partial charge in [-0.25, -0.2) is 0 Å². The minimum Gasteiger partial charge on any atom is -0.389 e. The van der Waals surface area contributed by atoms with Crippen LogP contribution in [0, 0.1) is 0 Å². The maximum atomic E-state index is 9.33. The van der Waals surface area contributed by atoms with Crippen LogP contribution >= 0.6 is 0 Å². The van der Waals surface area contributed by atoms with Gasteiger partial charge in [-0.15, -0.1) is 0 Å². The molecule has 0 heterocycles. The van der Waals surface area contributed by atoms with Crippen LogP contribution in [0.3, 0.4) is 0 Å². The molecule has 0 spiro atoms. The molecule has 0 aliphatic heterocycles. The second-order valence-electron chi connectivity index (χ2n) is 2.88. The van der Waals surface area contributed by atoms with Crippen LogP contribution < -0.4 is 5.32 Å². The fourth-order valence-corrected chi connectivity index (χ4v) is 0.934. The Balaban J connectivity index is 3.11. The number of nitrogens with one attached hydrogen (secondary N) is 1. The van der Waals surface area contributed by atoms with Crippen molar-refractivity contribution in [2.75, 3.05) is 26.3 Å². The van der Waals surface area contributed by atoms with Crippen LogP contribution in [0.15, 0.2) is 12.2 Å². The lowest BCUT2D eigenvalue weighted by Gasteiger charge is -2.10. The first kappa shape index (κ1) is 12.6. The molecule has 3 heteroatoms. The minimum absolute atomic E-state index is 0.384. The normalized spacial score (nSPS) is 13.8. The molecule has 0 fully saturated rings. The molecule has 0 bridgehead atoms. The average Bonchev–Trinajstić information content (AvgIpc) is 2.14. The Hall–Kier alpha value is -0.380. The van der Waals surface area contributed by atoms with Gasteiger partial charge in [0.15, 0.2) is 0 Å². The molecular weight excluding hydrogens is 166 g/mol. The van der Waals surface area contributed by atoms with Crippen LogP contribution in [-0.4, -0.2) is 37.5 Å². The van der Waals surface area contributed by atoms with Crippen molar-refractivity contribution < 1.29 is 9.84 Å². The van der Waals surface area contributed by atoms with E-state index in [1.54, 1.807) is 0 Å². The molecule has 0 aliphatic rings. The topological polar surface area (TPSA) is 41.5 Å². The van der Waals surface area contributed by atoms with Gasteiger partial charge in [0.25, 0.3) is 0 Å². The van der Waals surface area contributed by atoms with Crippen LogP contribution in [-0.2, 0) is 4.74 Å². The van der Waals surface area contributed by atoms with Crippen LogP contribution in [0.25, 0.3) is 0 Å². The van der Waals surface area contributed by atoms with Gasteiger partial charge in [-0.05, 0) is 26.8 Å². The first-order chi connectivity index (χ1) is 6.31. The van der Waals surface area contributed by atoms with E-state index in [-0.39, 0.29) is 6.10 Å². The Morgan fingerprint density at radius 1 is 1.54 bits per heavy atom. The van der Waals surface area contributed by atoms with Gasteiger partial charge in [-0.1, -0.05) is 12.2 Å². The van der Waals surface area contributed by atoms with E-state index in [1.165, 1.54) is 0 Å². The van der Waals surface area contributed by atoms with Crippen molar-refractivity contribution in [1.82, 2.24) is 5.32 Å². The summed E-state index contributed by atoms with van der Waals surface area (Å²) in [6.45, 7) is 6.53. The number of hydrogen-bond donors (Lipinski definition) is 2. The summed E-state index contributed by atoms with van der Waals surface area (Å²) in [6, 6.07) is 0. The van der Waals surface area contributed by atoms with Gasteiger partial charge < -0.3 is 15.2 Å². The zero-order valence-corrected chi connectivity index (χ0v) is 8.62. The standard InChI is InChI=1S/C10H21NO2/c1-3-5-6-7-11-8-10(12)9-13-4-2/h3,5,10-12H,4,6-9H2,1-2H3/b5-3+. The van der Waals surface area contributed by atoms with E-state index >= 15 is 0 Å². The summed E-state index contributed by atoms with van der Waals surface area (Å²) >= 11 is 0. The molecular formula is C10H21NO2. The van der Waals surface area contributed by atoms with E-state index < -0.39 is 0 Å². The highest BCUT2D eigenvalue weighted by atomic mass is 16.5. The van der Waals surface area contributed by atoms with Crippen molar-refractivity contribution in [2.45, 2.75) is 26.4 Å². The molecule has 0 rings (SSSR count). The largest absolute Gasteiger partial charge is 0.389 e. The predicted octanol–water partition coefficient (Wildman–Crippen LogP) is 0.940. The third-order valence-electron chi connectivity index (χ3n) is 1.62. The van der Waals surface area contributed by atoms with Crippen LogP contribution in [0.4, 0.5) is 0 Å². The van der Waals surface area contributed by atoms with Gasteiger partial charge >= 0.3 is 0 Å². The molecule has 13 heavy (non-hydrogen) atoms. The summed E-state index contributed by atoms with van der Waals surface area (Å²) in [5.74, 6) is 0. The van der Waals surface area contributed by atoms with E-state index in [4.69, 9.17) is 4.74 Å². The van der Waals surface area contributed by atoms with Crippen molar-refractivity contribution >= 4 is 0 Å². The first-order valence-electron chi connectivity index (χ1n) is 4.89. The third-order valence-corrected chi connectivity index (χ3v) is 1.62. The van der Waals surface area contributed by atoms with E-state index in [2.05, 4.69) is 11.4 Å². The fraction of sp³-hybridized carbons (Fsp3) is 0.800. The zero-order valence-electron chi connectivity index (χ0n) is 8.62. The molecule has 0 aromatic carbocycles. The predicted molar refractivity (Wildman–Crippen MR) is 54.8 cm³/mol. The molecule has 1 atom stereocenters. The maximum absolute atomic E-state index is 9.33. The average molecular weight is 187 g/mol. The van der Waals surface area contributed by atoms with Crippen LogP contribution in [0.1, 0.15) is 20.3 Å². The highest BCUT2D eigenvalue weighted by Crippen LogP contribution is 1.84. The van der Waals surface area contributed by atoms with Gasteiger partial charge in [0, 0.05) is 13.2 Å². The van der Waals surface area contributed by atoms with E-state index in [1.807, 2.05) is 19.9 Å². The monoisotopic (exact) mass is 187 g/mol. The molecule has 0 aliphatic carbocycles. The van der Waals surface area contributed by atoms with Crippen LogP contribution in [0.2, 0.25) is 0 Å². The van der Waals surface area contributed by atoms with Crippen molar-refractivity contribution in [3.63, 3.8) is 0 Å². The second-order valence-corrected chi connectivity index (χ2v) is 2.88. The molecule has 0 saturated carbocycles. The van der Waals surface area contributed by atoms with Gasteiger partial charge in [0.05, 0.1) is 12.7 Å². The molecule has 0 saturated heterocycles. The smallest absolute Gasteiger partial charge is 0.0897 e.